The Bertz CT molecular complexity index is 2040. The van der Waals surface area contributed by atoms with Gasteiger partial charge in [0.15, 0.2) is 12.2 Å². The lowest BCUT2D eigenvalue weighted by Crippen LogP contribution is -2.30. The predicted molar refractivity (Wildman–Crippen MR) is 372 cm³/mol. The van der Waals surface area contributed by atoms with Crippen molar-refractivity contribution >= 4 is 39.5 Å². The first-order valence-electron chi connectivity index (χ1n) is 36.2. The highest BCUT2D eigenvalue weighted by atomic mass is 31.2. The number of rotatable bonds is 68. The van der Waals surface area contributed by atoms with Crippen molar-refractivity contribution in [2.24, 2.45) is 0 Å². The lowest BCUT2D eigenvalue weighted by molar-refractivity contribution is -0.161. The number of phosphoric acid groups is 2. The van der Waals surface area contributed by atoms with Crippen LogP contribution < -0.4 is 0 Å². The molecule has 0 aromatic heterocycles. The van der Waals surface area contributed by atoms with Gasteiger partial charge < -0.3 is 33.8 Å². The summed E-state index contributed by atoms with van der Waals surface area (Å²) in [6.07, 6.45) is 63.4. The number of hydrogen-bond donors (Lipinski definition) is 3. The van der Waals surface area contributed by atoms with Crippen LogP contribution in [0.5, 0.6) is 0 Å². The van der Waals surface area contributed by atoms with E-state index in [0.717, 1.165) is 173 Å². The molecule has 5 atom stereocenters. The largest absolute Gasteiger partial charge is 0.472 e. The van der Waals surface area contributed by atoms with Gasteiger partial charge in [0.1, 0.15) is 19.3 Å². The fraction of sp³-hybridized carbons (Fsp3) is 0.781. The van der Waals surface area contributed by atoms with Crippen molar-refractivity contribution in [2.45, 2.75) is 329 Å². The molecule has 534 valence electrons. The first-order chi connectivity index (χ1) is 44.7. The number of ether oxygens (including phenoxy) is 4. The molecule has 0 aliphatic rings. The van der Waals surface area contributed by atoms with Crippen LogP contribution in [0, 0.1) is 0 Å². The van der Waals surface area contributed by atoms with Crippen molar-refractivity contribution in [3.8, 4) is 0 Å². The number of esters is 4. The Morgan fingerprint density at radius 1 is 0.304 bits per heavy atom. The highest BCUT2D eigenvalue weighted by Crippen LogP contribution is 2.45. The summed E-state index contributed by atoms with van der Waals surface area (Å²) < 4.78 is 68.2. The SMILES string of the molecule is CCC/C=C\C/C=C\CCCCCCCC(=O)OCC(COP(=O)(O)OCC(O)COP(=O)(O)OCC(COC(=O)CCCCCCC/C=C\C/C=C\CCCCC)OC(=O)CCCCCCC/C=C\CCCCCC)OC(=O)CCCCCCC/C=C\CCCC. The zero-order valence-corrected chi connectivity index (χ0v) is 59.8. The fourth-order valence-electron chi connectivity index (χ4n) is 9.50. The Morgan fingerprint density at radius 2 is 0.565 bits per heavy atom. The molecular formula is C73H130O17P2. The molecule has 0 radical (unpaired) electrons. The highest BCUT2D eigenvalue weighted by Gasteiger charge is 2.30. The number of aliphatic hydroxyl groups is 1. The van der Waals surface area contributed by atoms with Gasteiger partial charge in [-0.05, 0) is 128 Å². The molecule has 0 aliphatic heterocycles. The van der Waals surface area contributed by atoms with Crippen LogP contribution in [0.15, 0.2) is 72.9 Å². The summed E-state index contributed by atoms with van der Waals surface area (Å²) in [4.78, 5) is 72.6. The third-order valence-electron chi connectivity index (χ3n) is 15.1. The van der Waals surface area contributed by atoms with Crippen LogP contribution in [0.1, 0.15) is 310 Å². The molecule has 0 saturated heterocycles. The van der Waals surface area contributed by atoms with E-state index < -0.39 is 97.5 Å². The minimum absolute atomic E-state index is 0.0830. The van der Waals surface area contributed by atoms with Gasteiger partial charge in [0.2, 0.25) is 0 Å². The van der Waals surface area contributed by atoms with Crippen molar-refractivity contribution in [3.05, 3.63) is 72.9 Å². The van der Waals surface area contributed by atoms with Crippen LogP contribution >= 0.6 is 15.6 Å². The Balaban J connectivity index is 5.33. The van der Waals surface area contributed by atoms with Crippen molar-refractivity contribution in [2.75, 3.05) is 39.6 Å². The van der Waals surface area contributed by atoms with Gasteiger partial charge in [-0.2, -0.15) is 0 Å². The van der Waals surface area contributed by atoms with E-state index in [1.807, 2.05) is 0 Å². The van der Waals surface area contributed by atoms with Crippen LogP contribution in [0.4, 0.5) is 0 Å². The molecule has 0 heterocycles. The summed E-state index contributed by atoms with van der Waals surface area (Å²) in [5.41, 5.74) is 0. The van der Waals surface area contributed by atoms with E-state index in [2.05, 4.69) is 101 Å². The molecule has 19 heteroatoms. The second-order valence-corrected chi connectivity index (χ2v) is 27.1. The number of unbranched alkanes of at least 4 members (excludes halogenated alkanes) is 30. The van der Waals surface area contributed by atoms with Gasteiger partial charge in [-0.1, -0.05) is 229 Å². The van der Waals surface area contributed by atoms with Gasteiger partial charge >= 0.3 is 39.5 Å². The quantitative estimate of drug-likeness (QED) is 0.0169. The molecule has 0 fully saturated rings. The van der Waals surface area contributed by atoms with Gasteiger partial charge in [-0.15, -0.1) is 0 Å². The third-order valence-corrected chi connectivity index (χ3v) is 17.0. The van der Waals surface area contributed by atoms with Crippen molar-refractivity contribution in [1.29, 1.82) is 0 Å². The molecule has 0 aromatic carbocycles. The zero-order chi connectivity index (χ0) is 67.5. The second kappa shape index (κ2) is 66.1. The summed E-state index contributed by atoms with van der Waals surface area (Å²) in [7, 11) is -9.94. The summed E-state index contributed by atoms with van der Waals surface area (Å²) >= 11 is 0. The van der Waals surface area contributed by atoms with Crippen LogP contribution in [-0.2, 0) is 65.4 Å². The molecule has 0 saturated carbocycles. The highest BCUT2D eigenvalue weighted by molar-refractivity contribution is 7.47. The average molecular weight is 1340 g/mol. The number of aliphatic hydroxyl groups excluding tert-OH is 1. The minimum atomic E-state index is -4.97. The van der Waals surface area contributed by atoms with Gasteiger partial charge in [-0.3, -0.25) is 37.3 Å². The standard InChI is InChI=1S/C73H130O17P2/c1-5-9-13-17-21-25-29-32-33-36-39-42-46-50-54-58-71(76)84-64-69(90-73(78)60-56-52-48-44-40-35-31-27-23-19-15-11-7-3)66-88-92(81,82)86-62-67(74)61-85-91(79,80)87-65-68(89-72(77)59-55-51-47-43-37-28-24-20-16-12-8-4)63-83-70(75)57-53-49-45-41-38-34-30-26-22-18-14-10-6-2/h14,18,20-21,24-27,30-33,67-69,74H,5-13,15-17,19,22-23,28-29,34-66H2,1-4H3,(H,79,80)(H,81,82)/b18-14-,24-20-,25-21-,30-26-,31-27-,33-32-. The zero-order valence-electron chi connectivity index (χ0n) is 58.0. The first-order valence-corrected chi connectivity index (χ1v) is 39.2. The Hall–Kier alpha value is -3.50. The molecule has 0 spiro atoms. The van der Waals surface area contributed by atoms with Gasteiger partial charge in [0.25, 0.3) is 0 Å². The van der Waals surface area contributed by atoms with Crippen molar-refractivity contribution in [1.82, 2.24) is 0 Å². The fourth-order valence-corrected chi connectivity index (χ4v) is 11.1. The van der Waals surface area contributed by atoms with Crippen LogP contribution in [0.25, 0.3) is 0 Å². The number of allylic oxidation sites excluding steroid dienone is 12. The molecule has 5 unspecified atom stereocenters. The van der Waals surface area contributed by atoms with Crippen molar-refractivity contribution < 1.29 is 80.2 Å². The molecule has 0 aliphatic carbocycles. The normalized spacial score (nSPS) is 14.5. The molecule has 0 rings (SSSR count). The molecule has 0 bridgehead atoms. The molecule has 17 nitrogen and oxygen atoms in total. The van der Waals surface area contributed by atoms with Crippen LogP contribution in [-0.4, -0.2) is 96.7 Å². The third kappa shape index (κ3) is 65.2. The number of phosphoric ester groups is 2. The monoisotopic (exact) mass is 1340 g/mol. The minimum Gasteiger partial charge on any atom is -0.462 e. The first kappa shape index (κ1) is 88.5. The smallest absolute Gasteiger partial charge is 0.462 e. The number of hydrogen-bond acceptors (Lipinski definition) is 15. The van der Waals surface area contributed by atoms with Gasteiger partial charge in [0.05, 0.1) is 26.4 Å². The summed E-state index contributed by atoms with van der Waals surface area (Å²) in [6.45, 7) is 4.68. The molecule has 3 N–H and O–H groups in total. The Labute approximate surface area is 558 Å². The maximum Gasteiger partial charge on any atom is 0.472 e. The molecule has 0 amide bonds. The molecule has 0 aromatic rings. The summed E-state index contributed by atoms with van der Waals surface area (Å²) in [5.74, 6) is -2.21. The number of carbonyl (C=O) groups is 4. The molecule has 92 heavy (non-hydrogen) atoms. The van der Waals surface area contributed by atoms with E-state index in [1.54, 1.807) is 0 Å². The van der Waals surface area contributed by atoms with E-state index in [4.69, 9.17) is 37.0 Å². The summed E-state index contributed by atoms with van der Waals surface area (Å²) in [5, 5.41) is 10.6. The lowest BCUT2D eigenvalue weighted by Gasteiger charge is -2.21. The predicted octanol–water partition coefficient (Wildman–Crippen LogP) is 20.1. The Morgan fingerprint density at radius 3 is 0.913 bits per heavy atom. The van der Waals surface area contributed by atoms with E-state index in [0.29, 0.717) is 25.7 Å². The number of carbonyl (C=O) groups excluding carboxylic acids is 4. The van der Waals surface area contributed by atoms with E-state index in [1.165, 1.54) is 57.8 Å². The topological polar surface area (TPSA) is 237 Å². The van der Waals surface area contributed by atoms with Gasteiger partial charge in [0, 0.05) is 25.7 Å². The second-order valence-electron chi connectivity index (χ2n) is 24.2. The van der Waals surface area contributed by atoms with Crippen LogP contribution in [0.2, 0.25) is 0 Å². The lowest BCUT2D eigenvalue weighted by atomic mass is 10.1. The van der Waals surface area contributed by atoms with E-state index in [-0.39, 0.29) is 25.7 Å². The average Bonchev–Trinajstić information content (AvgIpc) is 2.25. The maximum absolute atomic E-state index is 13.0. The molecular weight excluding hydrogens is 1210 g/mol. The van der Waals surface area contributed by atoms with E-state index >= 15 is 0 Å². The van der Waals surface area contributed by atoms with Crippen LogP contribution in [0.3, 0.4) is 0 Å². The summed E-state index contributed by atoms with van der Waals surface area (Å²) in [6, 6.07) is 0. The van der Waals surface area contributed by atoms with E-state index in [9.17, 15) is 43.2 Å². The van der Waals surface area contributed by atoms with Crippen molar-refractivity contribution in [3.63, 3.8) is 0 Å². The Kier molecular flexibility index (Phi) is 63.6. The maximum atomic E-state index is 13.0. The van der Waals surface area contributed by atoms with Gasteiger partial charge in [-0.25, -0.2) is 9.13 Å².